The van der Waals surface area contributed by atoms with Gasteiger partial charge in [0.25, 0.3) is 0 Å². The van der Waals surface area contributed by atoms with E-state index in [0.29, 0.717) is 17.2 Å². The van der Waals surface area contributed by atoms with Crippen LogP contribution in [0.1, 0.15) is 28.2 Å². The fourth-order valence-electron chi connectivity index (χ4n) is 2.54. The van der Waals surface area contributed by atoms with Gasteiger partial charge in [0.15, 0.2) is 0 Å². The lowest BCUT2D eigenvalue weighted by atomic mass is 9.88. The molecule has 116 valence electrons. The molecule has 2 rings (SSSR count). The number of hydrogen-bond acceptors (Lipinski definition) is 2. The molecule has 0 aliphatic rings. The Morgan fingerprint density at radius 3 is 2.55 bits per heavy atom. The number of ether oxygens (including phenoxy) is 1. The molecule has 0 bridgehead atoms. The maximum absolute atomic E-state index is 11.7. The molecule has 4 heteroatoms. The molecule has 0 spiro atoms. The molecule has 0 saturated heterocycles. The maximum atomic E-state index is 11.7. The number of aliphatic carboxylic acids is 1. The third-order valence-corrected chi connectivity index (χ3v) is 4.06. The minimum Gasteiger partial charge on any atom is -0.495 e. The van der Waals surface area contributed by atoms with Gasteiger partial charge in [-0.25, -0.2) is 0 Å². The van der Waals surface area contributed by atoms with Crippen molar-refractivity contribution in [3.05, 3.63) is 63.7 Å². The van der Waals surface area contributed by atoms with Gasteiger partial charge in [0.05, 0.1) is 18.1 Å². The third-order valence-electron chi connectivity index (χ3n) is 3.76. The van der Waals surface area contributed by atoms with Gasteiger partial charge in [0, 0.05) is 0 Å². The monoisotopic (exact) mass is 318 g/mol. The van der Waals surface area contributed by atoms with E-state index < -0.39 is 11.9 Å². The molecule has 2 aromatic carbocycles. The standard InChI is InChI=1S/C18H19ClO3/c1-11-4-5-12(2)14(8-11)15(18(20)21)9-13-6-7-17(22-3)16(19)10-13/h4-8,10,15H,9H2,1-3H3,(H,20,21). The summed E-state index contributed by atoms with van der Waals surface area (Å²) in [5.41, 5.74) is 3.76. The summed E-state index contributed by atoms with van der Waals surface area (Å²) in [7, 11) is 1.55. The third kappa shape index (κ3) is 3.60. The first-order valence-corrected chi connectivity index (χ1v) is 7.42. The molecule has 0 heterocycles. The summed E-state index contributed by atoms with van der Waals surface area (Å²) in [6.07, 6.45) is 0.392. The van der Waals surface area contributed by atoms with Gasteiger partial charge in [-0.15, -0.1) is 0 Å². The van der Waals surface area contributed by atoms with Gasteiger partial charge in [-0.1, -0.05) is 41.4 Å². The Morgan fingerprint density at radius 1 is 1.23 bits per heavy atom. The van der Waals surface area contributed by atoms with Crippen LogP contribution < -0.4 is 4.74 Å². The number of methoxy groups -OCH3 is 1. The topological polar surface area (TPSA) is 46.5 Å². The summed E-state index contributed by atoms with van der Waals surface area (Å²) in [5.74, 6) is -0.839. The summed E-state index contributed by atoms with van der Waals surface area (Å²) in [6.45, 7) is 3.90. The Balaban J connectivity index is 2.35. The van der Waals surface area contributed by atoms with Crippen molar-refractivity contribution >= 4 is 17.6 Å². The summed E-state index contributed by atoms with van der Waals surface area (Å²) in [5, 5.41) is 10.1. The molecule has 0 aliphatic carbocycles. The van der Waals surface area contributed by atoms with Gasteiger partial charge >= 0.3 is 5.97 Å². The Morgan fingerprint density at radius 2 is 1.95 bits per heavy atom. The highest BCUT2D eigenvalue weighted by Crippen LogP contribution is 2.29. The van der Waals surface area contributed by atoms with E-state index in [2.05, 4.69) is 0 Å². The summed E-state index contributed by atoms with van der Waals surface area (Å²) in [6, 6.07) is 11.3. The largest absolute Gasteiger partial charge is 0.495 e. The number of hydrogen-bond donors (Lipinski definition) is 1. The average molecular weight is 319 g/mol. The predicted molar refractivity (Wildman–Crippen MR) is 88.0 cm³/mol. The molecule has 0 saturated carbocycles. The molecule has 3 nitrogen and oxygen atoms in total. The predicted octanol–water partition coefficient (Wildman–Crippen LogP) is 4.38. The van der Waals surface area contributed by atoms with Crippen molar-refractivity contribution in [3.8, 4) is 5.75 Å². The molecular weight excluding hydrogens is 300 g/mol. The van der Waals surface area contributed by atoms with Crippen LogP contribution in [0.4, 0.5) is 0 Å². The van der Waals surface area contributed by atoms with Gasteiger partial charge in [-0.05, 0) is 49.1 Å². The van der Waals surface area contributed by atoms with E-state index in [0.717, 1.165) is 22.3 Å². The minimum absolute atomic E-state index is 0.392. The molecule has 1 N–H and O–H groups in total. The van der Waals surface area contributed by atoms with Crippen molar-refractivity contribution in [2.45, 2.75) is 26.2 Å². The van der Waals surface area contributed by atoms with Gasteiger partial charge in [-0.2, -0.15) is 0 Å². The zero-order valence-electron chi connectivity index (χ0n) is 12.9. The molecule has 1 unspecified atom stereocenters. The first-order valence-electron chi connectivity index (χ1n) is 7.04. The molecule has 0 radical (unpaired) electrons. The lowest BCUT2D eigenvalue weighted by Gasteiger charge is -2.17. The van der Waals surface area contributed by atoms with Crippen LogP contribution >= 0.6 is 11.6 Å². The number of aryl methyl sites for hydroxylation is 2. The van der Waals surface area contributed by atoms with Crippen LogP contribution in [-0.4, -0.2) is 18.2 Å². The number of carboxylic acids is 1. The van der Waals surface area contributed by atoms with Crippen molar-refractivity contribution in [1.82, 2.24) is 0 Å². The highest BCUT2D eigenvalue weighted by Gasteiger charge is 2.22. The molecule has 1 atom stereocenters. The van der Waals surface area contributed by atoms with Crippen LogP contribution in [0.25, 0.3) is 0 Å². The quantitative estimate of drug-likeness (QED) is 0.890. The van der Waals surface area contributed by atoms with Gasteiger partial charge in [0.2, 0.25) is 0 Å². The van der Waals surface area contributed by atoms with Crippen molar-refractivity contribution in [2.75, 3.05) is 7.11 Å². The van der Waals surface area contributed by atoms with E-state index in [1.165, 1.54) is 0 Å². The number of rotatable bonds is 5. The van der Waals surface area contributed by atoms with Crippen LogP contribution in [0.3, 0.4) is 0 Å². The Hall–Kier alpha value is -2.00. The first-order chi connectivity index (χ1) is 10.4. The fraction of sp³-hybridized carbons (Fsp3) is 0.278. The molecule has 0 fully saturated rings. The smallest absolute Gasteiger partial charge is 0.311 e. The molecule has 0 aromatic heterocycles. The van der Waals surface area contributed by atoms with E-state index in [1.54, 1.807) is 19.2 Å². The molecule has 0 aliphatic heterocycles. The first kappa shape index (κ1) is 16.4. The second kappa shape index (κ2) is 6.84. The van der Waals surface area contributed by atoms with Crippen molar-refractivity contribution in [3.63, 3.8) is 0 Å². The number of benzene rings is 2. The van der Waals surface area contributed by atoms with Crippen LogP contribution in [0.15, 0.2) is 36.4 Å². The second-order valence-electron chi connectivity index (χ2n) is 5.42. The van der Waals surface area contributed by atoms with Gasteiger partial charge in [-0.3, -0.25) is 4.79 Å². The van der Waals surface area contributed by atoms with Crippen molar-refractivity contribution in [2.24, 2.45) is 0 Å². The lowest BCUT2D eigenvalue weighted by molar-refractivity contribution is -0.138. The highest BCUT2D eigenvalue weighted by atomic mass is 35.5. The van der Waals surface area contributed by atoms with Crippen LogP contribution in [0.2, 0.25) is 5.02 Å². The summed E-state index contributed by atoms with van der Waals surface area (Å²) >= 11 is 6.12. The second-order valence-corrected chi connectivity index (χ2v) is 5.83. The van der Waals surface area contributed by atoms with Crippen molar-refractivity contribution in [1.29, 1.82) is 0 Å². The maximum Gasteiger partial charge on any atom is 0.311 e. The van der Waals surface area contributed by atoms with Gasteiger partial charge < -0.3 is 9.84 Å². The summed E-state index contributed by atoms with van der Waals surface area (Å²) in [4.78, 5) is 11.7. The van der Waals surface area contributed by atoms with Crippen LogP contribution in [0, 0.1) is 13.8 Å². The zero-order valence-corrected chi connectivity index (χ0v) is 13.6. The average Bonchev–Trinajstić information content (AvgIpc) is 2.47. The fourth-order valence-corrected chi connectivity index (χ4v) is 2.82. The Bertz CT molecular complexity index is 695. The zero-order chi connectivity index (χ0) is 16.3. The number of carboxylic acid groups (broad SMARTS) is 1. The van der Waals surface area contributed by atoms with Crippen molar-refractivity contribution < 1.29 is 14.6 Å². The molecule has 2 aromatic rings. The number of halogens is 1. The lowest BCUT2D eigenvalue weighted by Crippen LogP contribution is -2.16. The normalized spacial score (nSPS) is 12.0. The van der Waals surface area contributed by atoms with E-state index in [-0.39, 0.29) is 0 Å². The Labute approximate surface area is 135 Å². The summed E-state index contributed by atoms with van der Waals surface area (Å²) < 4.78 is 5.12. The molecule has 22 heavy (non-hydrogen) atoms. The van der Waals surface area contributed by atoms with E-state index >= 15 is 0 Å². The SMILES string of the molecule is COc1ccc(CC(C(=O)O)c2cc(C)ccc2C)cc1Cl. The molecule has 0 amide bonds. The van der Waals surface area contributed by atoms with E-state index in [1.807, 2.05) is 38.1 Å². The highest BCUT2D eigenvalue weighted by molar-refractivity contribution is 6.32. The molecular formula is C18H19ClO3. The Kier molecular flexibility index (Phi) is 5.09. The van der Waals surface area contributed by atoms with E-state index in [9.17, 15) is 9.90 Å². The van der Waals surface area contributed by atoms with Gasteiger partial charge in [0.1, 0.15) is 5.75 Å². The van der Waals surface area contributed by atoms with E-state index in [4.69, 9.17) is 16.3 Å². The van der Waals surface area contributed by atoms with Crippen LogP contribution in [-0.2, 0) is 11.2 Å². The number of carbonyl (C=O) groups is 1. The van der Waals surface area contributed by atoms with Crippen LogP contribution in [0.5, 0.6) is 5.75 Å². The minimum atomic E-state index is -0.833.